The highest BCUT2D eigenvalue weighted by atomic mass is 32.2. The second kappa shape index (κ2) is 5.43. The first-order chi connectivity index (χ1) is 8.15. The van der Waals surface area contributed by atoms with Crippen LogP contribution in [0.4, 0.5) is 13.2 Å². The Morgan fingerprint density at radius 1 is 1.44 bits per heavy atom. The van der Waals surface area contributed by atoms with Gasteiger partial charge in [-0.25, -0.2) is 13.1 Å². The fourth-order valence-corrected chi connectivity index (χ4v) is 2.19. The molecule has 0 aromatic heterocycles. The lowest BCUT2D eigenvalue weighted by molar-refractivity contribution is -0.171. The van der Waals surface area contributed by atoms with Gasteiger partial charge in [0.2, 0.25) is 15.9 Å². The summed E-state index contributed by atoms with van der Waals surface area (Å²) < 4.78 is 61.3. The lowest BCUT2D eigenvalue weighted by Gasteiger charge is -2.18. The predicted molar refractivity (Wildman–Crippen MR) is 58.2 cm³/mol. The number of nitrogens with one attached hydrogen (secondary N) is 1. The summed E-state index contributed by atoms with van der Waals surface area (Å²) in [7, 11) is -3.51. The number of sulfonamides is 1. The Kier molecular flexibility index (Phi) is 4.60. The minimum atomic E-state index is -4.31. The largest absolute Gasteiger partial charge is 0.393 e. The standard InChI is InChI=1S/C9H15F3N2O3S/c1-2-18(16,17)13-5-8(15)14-4-3-7(6-14)9(10,11)12/h7,13H,2-6H2,1H3. The Balaban J connectivity index is 2.46. The van der Waals surface area contributed by atoms with Gasteiger partial charge in [-0.05, 0) is 13.3 Å². The SMILES string of the molecule is CCS(=O)(=O)NCC(=O)N1CCC(C(F)(F)F)C1. The van der Waals surface area contributed by atoms with Gasteiger partial charge in [0, 0.05) is 13.1 Å². The van der Waals surface area contributed by atoms with E-state index in [4.69, 9.17) is 0 Å². The minimum absolute atomic E-state index is 0.0108. The molecule has 0 aromatic rings. The fraction of sp³-hybridized carbons (Fsp3) is 0.889. The first-order valence-corrected chi connectivity index (χ1v) is 7.12. The molecule has 0 spiro atoms. The van der Waals surface area contributed by atoms with Gasteiger partial charge in [-0.1, -0.05) is 0 Å². The molecule has 18 heavy (non-hydrogen) atoms. The average molecular weight is 288 g/mol. The Morgan fingerprint density at radius 2 is 2.06 bits per heavy atom. The highest BCUT2D eigenvalue weighted by Gasteiger charge is 2.44. The third-order valence-electron chi connectivity index (χ3n) is 2.83. The van der Waals surface area contributed by atoms with Crippen LogP contribution < -0.4 is 4.72 Å². The van der Waals surface area contributed by atoms with Crippen LogP contribution in [0.25, 0.3) is 0 Å². The molecular weight excluding hydrogens is 273 g/mol. The molecule has 1 amide bonds. The van der Waals surface area contributed by atoms with E-state index in [1.807, 2.05) is 4.72 Å². The van der Waals surface area contributed by atoms with Crippen LogP contribution in [0.5, 0.6) is 0 Å². The van der Waals surface area contributed by atoms with Crippen molar-refractivity contribution in [3.05, 3.63) is 0 Å². The third-order valence-corrected chi connectivity index (χ3v) is 4.17. The van der Waals surface area contributed by atoms with E-state index in [0.717, 1.165) is 4.90 Å². The highest BCUT2D eigenvalue weighted by Crippen LogP contribution is 2.33. The van der Waals surface area contributed by atoms with Gasteiger partial charge < -0.3 is 4.90 Å². The number of hydrogen-bond donors (Lipinski definition) is 1. The Hall–Kier alpha value is -0.830. The molecule has 1 rings (SSSR count). The summed E-state index contributed by atoms with van der Waals surface area (Å²) >= 11 is 0. The van der Waals surface area contributed by atoms with Crippen LogP contribution in [0.1, 0.15) is 13.3 Å². The molecule has 1 saturated heterocycles. The van der Waals surface area contributed by atoms with Crippen LogP contribution in [0.2, 0.25) is 0 Å². The van der Waals surface area contributed by atoms with E-state index in [1.54, 1.807) is 0 Å². The van der Waals surface area contributed by atoms with Crippen molar-refractivity contribution in [1.82, 2.24) is 9.62 Å². The number of amides is 1. The number of halogens is 3. The van der Waals surface area contributed by atoms with E-state index in [0.29, 0.717) is 0 Å². The molecule has 1 aliphatic heterocycles. The Bertz CT molecular complexity index is 408. The number of carbonyl (C=O) groups excluding carboxylic acids is 1. The molecule has 1 N–H and O–H groups in total. The minimum Gasteiger partial charge on any atom is -0.341 e. The van der Waals surface area contributed by atoms with Gasteiger partial charge in [0.25, 0.3) is 0 Å². The van der Waals surface area contributed by atoms with Crippen molar-refractivity contribution in [2.24, 2.45) is 5.92 Å². The molecule has 0 aromatic carbocycles. The first-order valence-electron chi connectivity index (χ1n) is 5.47. The summed E-state index contributed by atoms with van der Waals surface area (Å²) in [5.41, 5.74) is 0. The van der Waals surface area contributed by atoms with Crippen LogP contribution >= 0.6 is 0 Å². The summed E-state index contributed by atoms with van der Waals surface area (Å²) in [4.78, 5) is 12.6. The van der Waals surface area contributed by atoms with E-state index in [-0.39, 0.29) is 18.7 Å². The number of alkyl halides is 3. The first kappa shape index (κ1) is 15.2. The van der Waals surface area contributed by atoms with Gasteiger partial charge in [-0.3, -0.25) is 4.79 Å². The van der Waals surface area contributed by atoms with Crippen LogP contribution in [-0.4, -0.2) is 50.8 Å². The number of carbonyl (C=O) groups is 1. The second-order valence-electron chi connectivity index (χ2n) is 4.09. The van der Waals surface area contributed by atoms with Crippen LogP contribution in [0.15, 0.2) is 0 Å². The predicted octanol–water partition coefficient (Wildman–Crippen LogP) is 0.337. The summed E-state index contributed by atoms with van der Waals surface area (Å²) in [6.45, 7) is 0.538. The summed E-state index contributed by atoms with van der Waals surface area (Å²) in [5.74, 6) is -2.31. The zero-order valence-electron chi connectivity index (χ0n) is 9.83. The van der Waals surface area contributed by atoms with Gasteiger partial charge in [-0.2, -0.15) is 13.2 Å². The van der Waals surface area contributed by atoms with Crippen molar-refractivity contribution in [3.63, 3.8) is 0 Å². The van der Waals surface area contributed by atoms with E-state index < -0.39 is 41.1 Å². The molecule has 1 fully saturated rings. The lowest BCUT2D eigenvalue weighted by Crippen LogP contribution is -2.40. The molecule has 0 radical (unpaired) electrons. The molecular formula is C9H15F3N2O3S. The van der Waals surface area contributed by atoms with Crippen molar-refractivity contribution in [3.8, 4) is 0 Å². The van der Waals surface area contributed by atoms with Gasteiger partial charge in [0.05, 0.1) is 18.2 Å². The summed E-state index contributed by atoms with van der Waals surface area (Å²) in [5, 5.41) is 0. The van der Waals surface area contributed by atoms with Crippen molar-refractivity contribution in [2.45, 2.75) is 19.5 Å². The van der Waals surface area contributed by atoms with Gasteiger partial charge in [0.15, 0.2) is 0 Å². The van der Waals surface area contributed by atoms with Crippen molar-refractivity contribution in [1.29, 1.82) is 0 Å². The fourth-order valence-electron chi connectivity index (χ4n) is 1.64. The molecule has 9 heteroatoms. The van der Waals surface area contributed by atoms with Gasteiger partial charge >= 0.3 is 6.18 Å². The zero-order valence-corrected chi connectivity index (χ0v) is 10.6. The molecule has 1 atom stereocenters. The normalized spacial score (nSPS) is 21.3. The summed E-state index contributed by atoms with van der Waals surface area (Å²) in [6, 6.07) is 0. The number of likely N-dealkylation sites (tertiary alicyclic amines) is 1. The quantitative estimate of drug-likeness (QED) is 0.811. The Morgan fingerprint density at radius 3 is 2.50 bits per heavy atom. The van der Waals surface area contributed by atoms with Crippen LogP contribution in [0.3, 0.4) is 0 Å². The number of rotatable bonds is 4. The zero-order chi connectivity index (χ0) is 14.0. The average Bonchev–Trinajstić information content (AvgIpc) is 2.75. The van der Waals surface area contributed by atoms with E-state index in [1.165, 1.54) is 6.92 Å². The maximum Gasteiger partial charge on any atom is 0.393 e. The van der Waals surface area contributed by atoms with Crippen molar-refractivity contribution >= 4 is 15.9 Å². The van der Waals surface area contributed by atoms with Gasteiger partial charge in [-0.15, -0.1) is 0 Å². The monoisotopic (exact) mass is 288 g/mol. The highest BCUT2D eigenvalue weighted by molar-refractivity contribution is 7.89. The van der Waals surface area contributed by atoms with E-state index >= 15 is 0 Å². The smallest absolute Gasteiger partial charge is 0.341 e. The molecule has 106 valence electrons. The van der Waals surface area contributed by atoms with E-state index in [9.17, 15) is 26.4 Å². The third kappa shape index (κ3) is 4.13. The molecule has 0 bridgehead atoms. The van der Waals surface area contributed by atoms with Crippen molar-refractivity contribution < 1.29 is 26.4 Å². The maximum absolute atomic E-state index is 12.4. The number of nitrogens with zero attached hydrogens (tertiary/aromatic N) is 1. The molecule has 1 heterocycles. The van der Waals surface area contributed by atoms with E-state index in [2.05, 4.69) is 0 Å². The van der Waals surface area contributed by atoms with Crippen LogP contribution in [0, 0.1) is 5.92 Å². The molecule has 0 aliphatic carbocycles. The van der Waals surface area contributed by atoms with Gasteiger partial charge in [0.1, 0.15) is 0 Å². The maximum atomic E-state index is 12.4. The molecule has 1 aliphatic rings. The molecule has 0 saturated carbocycles. The molecule has 1 unspecified atom stereocenters. The lowest BCUT2D eigenvalue weighted by atomic mass is 10.1. The van der Waals surface area contributed by atoms with Crippen molar-refractivity contribution in [2.75, 3.05) is 25.4 Å². The second-order valence-corrected chi connectivity index (χ2v) is 6.19. The Labute approximate surface area is 103 Å². The topological polar surface area (TPSA) is 66.5 Å². The number of hydrogen-bond acceptors (Lipinski definition) is 3. The van der Waals surface area contributed by atoms with Crippen LogP contribution in [-0.2, 0) is 14.8 Å². The molecule has 5 nitrogen and oxygen atoms in total. The summed E-state index contributed by atoms with van der Waals surface area (Å²) in [6.07, 6.45) is -4.44.